The van der Waals surface area contributed by atoms with Crippen LogP contribution in [0.15, 0.2) is 41.8 Å². The van der Waals surface area contributed by atoms with Crippen LogP contribution in [0.5, 0.6) is 0 Å². The summed E-state index contributed by atoms with van der Waals surface area (Å²) in [7, 11) is 0. The molecule has 2 amide bonds. The van der Waals surface area contributed by atoms with Crippen LogP contribution in [0.4, 0.5) is 5.69 Å². The number of carbonyl (C=O) groups is 3. The number of ether oxygens (including phenoxy) is 1. The maximum absolute atomic E-state index is 12.3. The fourth-order valence-corrected chi connectivity index (χ4v) is 2.92. The molecule has 0 saturated heterocycles. The highest BCUT2D eigenvalue weighted by atomic mass is 35.5. The fourth-order valence-electron chi connectivity index (χ4n) is 2.11. The molecule has 0 spiro atoms. The third-order valence-electron chi connectivity index (χ3n) is 3.41. The summed E-state index contributed by atoms with van der Waals surface area (Å²) < 4.78 is 5.05. The van der Waals surface area contributed by atoms with Crippen molar-refractivity contribution in [3.8, 4) is 0 Å². The highest BCUT2D eigenvalue weighted by molar-refractivity contribution is 7.12. The molecule has 0 radical (unpaired) electrons. The lowest BCUT2D eigenvalue weighted by Gasteiger charge is -2.20. The van der Waals surface area contributed by atoms with E-state index in [4.69, 9.17) is 16.3 Å². The molecule has 0 aliphatic heterocycles. The predicted molar refractivity (Wildman–Crippen MR) is 101 cm³/mol. The Morgan fingerprint density at radius 1 is 1.19 bits per heavy atom. The number of nitrogens with one attached hydrogen (secondary N) is 2. The highest BCUT2D eigenvalue weighted by Crippen LogP contribution is 2.15. The molecule has 1 aromatic carbocycles. The summed E-state index contributed by atoms with van der Waals surface area (Å²) >= 11 is 7.12. The van der Waals surface area contributed by atoms with Crippen molar-refractivity contribution < 1.29 is 19.1 Å². The molecule has 0 bridgehead atoms. The van der Waals surface area contributed by atoms with Crippen molar-refractivity contribution in [2.75, 3.05) is 11.9 Å². The lowest BCUT2D eigenvalue weighted by molar-refractivity contribution is -0.150. The van der Waals surface area contributed by atoms with Gasteiger partial charge in [-0.2, -0.15) is 0 Å². The number of carbonyl (C=O) groups excluding carboxylic acids is 3. The van der Waals surface area contributed by atoms with Gasteiger partial charge in [0.15, 0.2) is 6.61 Å². The zero-order valence-corrected chi connectivity index (χ0v) is 15.9. The van der Waals surface area contributed by atoms with Gasteiger partial charge < -0.3 is 15.4 Å². The van der Waals surface area contributed by atoms with Crippen LogP contribution in [-0.4, -0.2) is 30.4 Å². The normalized spacial score (nSPS) is 11.7. The molecule has 0 aliphatic carbocycles. The fraction of sp³-hybridized carbons (Fsp3) is 0.278. The Morgan fingerprint density at radius 3 is 2.58 bits per heavy atom. The molecule has 26 heavy (non-hydrogen) atoms. The molecule has 8 heteroatoms. The second-order valence-corrected chi connectivity index (χ2v) is 7.22. The van der Waals surface area contributed by atoms with Gasteiger partial charge in [-0.25, -0.2) is 4.79 Å². The number of hydrogen-bond donors (Lipinski definition) is 2. The summed E-state index contributed by atoms with van der Waals surface area (Å²) in [6.45, 7) is 3.11. The summed E-state index contributed by atoms with van der Waals surface area (Å²) in [6.07, 6.45) is 0. The molecule has 6 nitrogen and oxygen atoms in total. The molecule has 1 atom stereocenters. The number of hydrogen-bond acceptors (Lipinski definition) is 5. The van der Waals surface area contributed by atoms with E-state index in [1.54, 1.807) is 55.6 Å². The van der Waals surface area contributed by atoms with E-state index in [2.05, 4.69) is 10.6 Å². The van der Waals surface area contributed by atoms with E-state index in [1.807, 2.05) is 0 Å². The number of benzene rings is 1. The molecule has 2 rings (SSSR count). The number of amides is 2. The monoisotopic (exact) mass is 394 g/mol. The summed E-state index contributed by atoms with van der Waals surface area (Å²) in [5.41, 5.74) is 0.505. The summed E-state index contributed by atoms with van der Waals surface area (Å²) in [6, 6.07) is 9.20. The molecule has 0 fully saturated rings. The minimum atomic E-state index is -0.844. The lowest BCUT2D eigenvalue weighted by Crippen LogP contribution is -2.45. The summed E-state index contributed by atoms with van der Waals surface area (Å²) in [5, 5.41) is 7.49. The molecule has 0 aliphatic rings. The van der Waals surface area contributed by atoms with Crippen molar-refractivity contribution in [2.45, 2.75) is 19.9 Å². The van der Waals surface area contributed by atoms with E-state index in [-0.39, 0.29) is 11.8 Å². The minimum Gasteiger partial charge on any atom is -0.454 e. The first-order chi connectivity index (χ1) is 12.4. The number of halogens is 1. The first-order valence-corrected chi connectivity index (χ1v) is 9.19. The summed E-state index contributed by atoms with van der Waals surface area (Å²) in [4.78, 5) is 36.8. The highest BCUT2D eigenvalue weighted by Gasteiger charge is 2.27. The van der Waals surface area contributed by atoms with E-state index in [0.717, 1.165) is 0 Å². The van der Waals surface area contributed by atoms with Crippen molar-refractivity contribution in [1.82, 2.24) is 5.32 Å². The van der Waals surface area contributed by atoms with E-state index < -0.39 is 24.5 Å². The van der Waals surface area contributed by atoms with Gasteiger partial charge in [-0.1, -0.05) is 37.6 Å². The van der Waals surface area contributed by atoms with Crippen LogP contribution in [0, 0.1) is 5.92 Å². The second kappa shape index (κ2) is 9.35. The quantitative estimate of drug-likeness (QED) is 0.705. The Bertz CT molecular complexity index is 777. The van der Waals surface area contributed by atoms with Crippen molar-refractivity contribution in [2.24, 2.45) is 5.92 Å². The van der Waals surface area contributed by atoms with Gasteiger partial charge in [-0.15, -0.1) is 11.3 Å². The standard InChI is InChI=1S/C18H19ClN2O4S/c1-11(2)16(21-17(23)14-7-4-8-26-14)18(24)25-10-15(22)20-13-6-3-5-12(19)9-13/h3-9,11,16H,10H2,1-2H3,(H,20,22)(H,21,23)/t16-/m1/s1. The number of rotatable bonds is 7. The maximum Gasteiger partial charge on any atom is 0.329 e. The lowest BCUT2D eigenvalue weighted by atomic mass is 10.0. The van der Waals surface area contributed by atoms with Gasteiger partial charge in [-0.05, 0) is 35.6 Å². The zero-order chi connectivity index (χ0) is 19.1. The third-order valence-corrected chi connectivity index (χ3v) is 4.51. The second-order valence-electron chi connectivity index (χ2n) is 5.84. The van der Waals surface area contributed by atoms with Crippen molar-refractivity contribution in [3.05, 3.63) is 51.7 Å². The van der Waals surface area contributed by atoms with E-state index in [9.17, 15) is 14.4 Å². The van der Waals surface area contributed by atoms with Gasteiger partial charge in [0, 0.05) is 10.7 Å². The van der Waals surface area contributed by atoms with E-state index >= 15 is 0 Å². The molecular weight excluding hydrogens is 376 g/mol. The van der Waals surface area contributed by atoms with Gasteiger partial charge in [0.05, 0.1) is 4.88 Å². The molecule has 2 aromatic rings. The van der Waals surface area contributed by atoms with Gasteiger partial charge in [0.25, 0.3) is 11.8 Å². The Labute approximate surface area is 160 Å². The van der Waals surface area contributed by atoms with Crippen LogP contribution >= 0.6 is 22.9 Å². The Kier molecular flexibility index (Phi) is 7.17. The molecule has 138 valence electrons. The third kappa shape index (κ3) is 5.86. The first-order valence-electron chi connectivity index (χ1n) is 7.93. The van der Waals surface area contributed by atoms with Crippen LogP contribution in [0.25, 0.3) is 0 Å². The molecule has 1 heterocycles. The minimum absolute atomic E-state index is 0.192. The smallest absolute Gasteiger partial charge is 0.329 e. The van der Waals surface area contributed by atoms with Crippen molar-refractivity contribution in [1.29, 1.82) is 0 Å². The van der Waals surface area contributed by atoms with Crippen molar-refractivity contribution >= 4 is 46.4 Å². The molecule has 0 saturated carbocycles. The van der Waals surface area contributed by atoms with Crippen LogP contribution in [0.1, 0.15) is 23.5 Å². The molecule has 1 aromatic heterocycles. The predicted octanol–water partition coefficient (Wildman–Crippen LogP) is 3.34. The van der Waals surface area contributed by atoms with Crippen LogP contribution < -0.4 is 10.6 Å². The van der Waals surface area contributed by atoms with Crippen LogP contribution in [0.2, 0.25) is 5.02 Å². The zero-order valence-electron chi connectivity index (χ0n) is 14.3. The topological polar surface area (TPSA) is 84.5 Å². The average Bonchev–Trinajstić information content (AvgIpc) is 3.12. The van der Waals surface area contributed by atoms with Gasteiger partial charge in [0.2, 0.25) is 0 Å². The SMILES string of the molecule is CC(C)[C@@H](NC(=O)c1cccs1)C(=O)OCC(=O)Nc1cccc(Cl)c1. The Morgan fingerprint density at radius 2 is 1.96 bits per heavy atom. The van der Waals surface area contributed by atoms with Crippen LogP contribution in [0.3, 0.4) is 0 Å². The molecule has 2 N–H and O–H groups in total. The molecular formula is C18H19ClN2O4S. The first kappa shape index (κ1) is 19.9. The van der Waals surface area contributed by atoms with Gasteiger partial charge in [0.1, 0.15) is 6.04 Å². The molecule has 0 unspecified atom stereocenters. The number of esters is 1. The van der Waals surface area contributed by atoms with Crippen LogP contribution in [-0.2, 0) is 14.3 Å². The van der Waals surface area contributed by atoms with Gasteiger partial charge >= 0.3 is 5.97 Å². The Hall–Kier alpha value is -2.38. The number of anilines is 1. The average molecular weight is 395 g/mol. The van der Waals surface area contributed by atoms with Gasteiger partial charge in [-0.3, -0.25) is 9.59 Å². The van der Waals surface area contributed by atoms with E-state index in [0.29, 0.717) is 15.6 Å². The van der Waals surface area contributed by atoms with E-state index in [1.165, 1.54) is 11.3 Å². The number of thiophene rings is 1. The Balaban J connectivity index is 1.88. The largest absolute Gasteiger partial charge is 0.454 e. The van der Waals surface area contributed by atoms with Crippen molar-refractivity contribution in [3.63, 3.8) is 0 Å². The maximum atomic E-state index is 12.3. The summed E-state index contributed by atoms with van der Waals surface area (Å²) in [5.74, 6) is -1.69.